The van der Waals surface area contributed by atoms with Crippen molar-refractivity contribution in [3.05, 3.63) is 94.5 Å². The first-order valence-electron chi connectivity index (χ1n) is 11.2. The summed E-state index contributed by atoms with van der Waals surface area (Å²) >= 11 is 1.42. The molecule has 0 spiro atoms. The van der Waals surface area contributed by atoms with Crippen LogP contribution in [0.1, 0.15) is 27.8 Å². The molecule has 1 aromatic heterocycles. The number of amides is 1. The summed E-state index contributed by atoms with van der Waals surface area (Å²) in [7, 11) is 0. The molecular formula is C28H25N3O2S. The van der Waals surface area contributed by atoms with Crippen molar-refractivity contribution in [2.75, 3.05) is 11.1 Å². The molecule has 0 fully saturated rings. The van der Waals surface area contributed by atoms with Crippen LogP contribution in [0.25, 0.3) is 11.4 Å². The first kappa shape index (κ1) is 22.2. The maximum atomic E-state index is 12.8. The lowest BCUT2D eigenvalue weighted by atomic mass is 10.0. The van der Waals surface area contributed by atoms with E-state index in [0.717, 1.165) is 44.3 Å². The maximum Gasteiger partial charge on any atom is 0.234 e. The Hall–Kier alpha value is -3.64. The van der Waals surface area contributed by atoms with Crippen molar-refractivity contribution >= 4 is 23.4 Å². The molecule has 0 saturated heterocycles. The molecule has 170 valence electrons. The molecule has 0 radical (unpaired) electrons. The van der Waals surface area contributed by atoms with E-state index in [2.05, 4.69) is 18.3 Å². The molecule has 0 bridgehead atoms. The number of carbonyl (C=O) groups excluding carboxylic acids is 1. The minimum Gasteiger partial charge on any atom is -0.438 e. The topological polar surface area (TPSA) is 64.1 Å². The summed E-state index contributed by atoms with van der Waals surface area (Å²) in [4.78, 5) is 22.4. The quantitative estimate of drug-likeness (QED) is 0.236. The number of ether oxygens (including phenoxy) is 1. The van der Waals surface area contributed by atoms with Gasteiger partial charge in [0.1, 0.15) is 10.8 Å². The summed E-state index contributed by atoms with van der Waals surface area (Å²) in [5, 5.41) is 3.83. The first-order valence-corrected chi connectivity index (χ1v) is 12.2. The smallest absolute Gasteiger partial charge is 0.234 e. The summed E-state index contributed by atoms with van der Waals surface area (Å²) in [6.07, 6.45) is 0.669. The molecule has 5 rings (SSSR count). The number of nitrogens with zero attached hydrogens (tertiary/aromatic N) is 2. The number of fused-ring (bicyclic) bond motifs is 2. The second kappa shape index (κ2) is 9.31. The summed E-state index contributed by atoms with van der Waals surface area (Å²) < 4.78 is 6.20. The van der Waals surface area contributed by atoms with Crippen molar-refractivity contribution in [1.29, 1.82) is 0 Å². The number of carbonyl (C=O) groups is 1. The number of thioether (sulfide) groups is 1. The molecule has 1 N–H and O–H groups in total. The molecular weight excluding hydrogens is 442 g/mol. The average Bonchev–Trinajstić information content (AvgIpc) is 2.84. The van der Waals surface area contributed by atoms with Crippen LogP contribution < -0.4 is 10.1 Å². The molecule has 34 heavy (non-hydrogen) atoms. The van der Waals surface area contributed by atoms with Crippen molar-refractivity contribution in [2.24, 2.45) is 0 Å². The highest BCUT2D eigenvalue weighted by Crippen LogP contribution is 2.40. The second-order valence-electron chi connectivity index (χ2n) is 8.50. The van der Waals surface area contributed by atoms with E-state index in [9.17, 15) is 4.79 Å². The van der Waals surface area contributed by atoms with Gasteiger partial charge in [-0.2, -0.15) is 4.98 Å². The normalized spacial score (nSPS) is 11.9. The molecule has 3 aromatic carbocycles. The fourth-order valence-corrected chi connectivity index (χ4v) is 4.90. The van der Waals surface area contributed by atoms with Gasteiger partial charge in [-0.05, 0) is 43.5 Å². The van der Waals surface area contributed by atoms with Crippen LogP contribution >= 0.6 is 11.8 Å². The Balaban J connectivity index is 1.45. The third-order valence-corrected chi connectivity index (χ3v) is 6.86. The lowest BCUT2D eigenvalue weighted by molar-refractivity contribution is -0.113. The summed E-state index contributed by atoms with van der Waals surface area (Å²) in [5.74, 6) is 2.14. The van der Waals surface area contributed by atoms with Crippen LogP contribution in [0, 0.1) is 20.8 Å². The predicted octanol–water partition coefficient (Wildman–Crippen LogP) is 6.50. The van der Waals surface area contributed by atoms with Crippen molar-refractivity contribution in [3.8, 4) is 23.0 Å². The van der Waals surface area contributed by atoms with Crippen LogP contribution in [0.3, 0.4) is 0 Å². The van der Waals surface area contributed by atoms with E-state index in [1.165, 1.54) is 17.3 Å². The number of aromatic nitrogens is 2. The summed E-state index contributed by atoms with van der Waals surface area (Å²) in [5.41, 5.74) is 7.07. The highest BCUT2D eigenvalue weighted by atomic mass is 32.2. The van der Waals surface area contributed by atoms with Gasteiger partial charge < -0.3 is 10.1 Å². The minimum absolute atomic E-state index is 0.0657. The minimum atomic E-state index is -0.0657. The molecule has 6 heteroatoms. The lowest BCUT2D eigenvalue weighted by Gasteiger charge is -2.22. The number of rotatable bonds is 5. The first-order chi connectivity index (χ1) is 16.5. The fraction of sp³-hybridized carbons (Fsp3) is 0.179. The van der Waals surface area contributed by atoms with Gasteiger partial charge in [0, 0.05) is 17.7 Å². The fourth-order valence-electron chi connectivity index (χ4n) is 4.08. The zero-order chi connectivity index (χ0) is 23.7. The van der Waals surface area contributed by atoms with Gasteiger partial charge in [0.05, 0.1) is 11.3 Å². The molecule has 0 unspecified atom stereocenters. The number of benzene rings is 3. The maximum absolute atomic E-state index is 12.8. The van der Waals surface area contributed by atoms with Gasteiger partial charge in [-0.1, -0.05) is 78.0 Å². The molecule has 1 aliphatic heterocycles. The highest BCUT2D eigenvalue weighted by molar-refractivity contribution is 8.00. The van der Waals surface area contributed by atoms with Gasteiger partial charge in [-0.15, -0.1) is 0 Å². The Kier molecular flexibility index (Phi) is 6.07. The predicted molar refractivity (Wildman–Crippen MR) is 137 cm³/mol. The third-order valence-electron chi connectivity index (χ3n) is 5.84. The molecule has 5 nitrogen and oxygen atoms in total. The van der Waals surface area contributed by atoms with Crippen LogP contribution in [0.4, 0.5) is 5.69 Å². The molecule has 0 atom stereocenters. The third kappa shape index (κ3) is 4.54. The Bertz CT molecular complexity index is 1370. The zero-order valence-corrected chi connectivity index (χ0v) is 20.2. The Labute approximate surface area is 203 Å². The van der Waals surface area contributed by atoms with Crippen molar-refractivity contribution < 1.29 is 9.53 Å². The van der Waals surface area contributed by atoms with Gasteiger partial charge in [0.2, 0.25) is 11.8 Å². The second-order valence-corrected chi connectivity index (χ2v) is 9.46. The monoisotopic (exact) mass is 467 g/mol. The molecule has 4 aromatic rings. The molecule has 1 amide bonds. The van der Waals surface area contributed by atoms with Crippen LogP contribution in [-0.4, -0.2) is 21.6 Å². The Morgan fingerprint density at radius 2 is 1.74 bits per heavy atom. The Morgan fingerprint density at radius 3 is 2.50 bits per heavy atom. The lowest BCUT2D eigenvalue weighted by Crippen LogP contribution is -2.16. The SMILES string of the molecule is Cc1ccc2c(c1)Cc1c(nc(-c3ccccc3)nc1SCC(=O)Nc1c(C)cccc1C)O2. The highest BCUT2D eigenvalue weighted by Gasteiger charge is 2.25. The number of aryl methyl sites for hydroxylation is 3. The van der Waals surface area contributed by atoms with Crippen LogP contribution in [0.2, 0.25) is 0 Å². The van der Waals surface area contributed by atoms with Crippen LogP contribution in [0.5, 0.6) is 11.6 Å². The molecule has 0 saturated carbocycles. The van der Waals surface area contributed by atoms with Crippen molar-refractivity contribution in [1.82, 2.24) is 9.97 Å². The van der Waals surface area contributed by atoms with E-state index >= 15 is 0 Å². The van der Waals surface area contributed by atoms with Gasteiger partial charge in [-0.25, -0.2) is 4.98 Å². The average molecular weight is 468 g/mol. The zero-order valence-electron chi connectivity index (χ0n) is 19.4. The van der Waals surface area contributed by atoms with E-state index in [1.54, 1.807) is 0 Å². The number of anilines is 1. The van der Waals surface area contributed by atoms with Crippen LogP contribution in [-0.2, 0) is 11.2 Å². The molecule has 0 aliphatic carbocycles. The van der Waals surface area contributed by atoms with E-state index in [-0.39, 0.29) is 11.7 Å². The number of para-hydroxylation sites is 1. The van der Waals surface area contributed by atoms with Gasteiger partial charge >= 0.3 is 0 Å². The Morgan fingerprint density at radius 1 is 0.971 bits per heavy atom. The largest absolute Gasteiger partial charge is 0.438 e. The van der Waals surface area contributed by atoms with Crippen LogP contribution in [0.15, 0.2) is 71.8 Å². The van der Waals surface area contributed by atoms with E-state index in [1.807, 2.05) is 74.5 Å². The van der Waals surface area contributed by atoms with E-state index in [4.69, 9.17) is 14.7 Å². The van der Waals surface area contributed by atoms with Gasteiger partial charge in [-0.3, -0.25) is 4.79 Å². The number of nitrogens with one attached hydrogen (secondary N) is 1. The number of hydrogen-bond donors (Lipinski definition) is 1. The molecule has 2 heterocycles. The van der Waals surface area contributed by atoms with E-state index in [0.29, 0.717) is 18.1 Å². The van der Waals surface area contributed by atoms with Gasteiger partial charge in [0.25, 0.3) is 0 Å². The van der Waals surface area contributed by atoms with Gasteiger partial charge in [0.15, 0.2) is 5.82 Å². The van der Waals surface area contributed by atoms with Crippen molar-refractivity contribution in [2.45, 2.75) is 32.2 Å². The molecule has 1 aliphatic rings. The van der Waals surface area contributed by atoms with E-state index < -0.39 is 0 Å². The van der Waals surface area contributed by atoms with Crippen molar-refractivity contribution in [3.63, 3.8) is 0 Å². The summed E-state index contributed by atoms with van der Waals surface area (Å²) in [6.45, 7) is 6.07. The number of hydrogen-bond acceptors (Lipinski definition) is 5. The summed E-state index contributed by atoms with van der Waals surface area (Å²) in [6, 6.07) is 22.0. The standard InChI is InChI=1S/C28H25N3O2S/c1-17-12-13-23-21(14-17)15-22-27(33-23)30-26(20-10-5-4-6-11-20)31-28(22)34-16-24(32)29-25-18(2)8-7-9-19(25)3/h4-14H,15-16H2,1-3H3,(H,29,32).